The molecule has 0 bridgehead atoms. The molecule has 1 aromatic heterocycles. The normalized spacial score (nSPS) is 19.0. The van der Waals surface area contributed by atoms with Crippen molar-refractivity contribution in [3.63, 3.8) is 0 Å². The van der Waals surface area contributed by atoms with Crippen LogP contribution in [0.5, 0.6) is 0 Å². The van der Waals surface area contributed by atoms with Gasteiger partial charge in [0.1, 0.15) is 0 Å². The van der Waals surface area contributed by atoms with Crippen molar-refractivity contribution in [3.8, 4) is 0 Å². The molecule has 1 N–H and O–H groups in total. The van der Waals surface area contributed by atoms with Gasteiger partial charge in [0.15, 0.2) is 0 Å². The van der Waals surface area contributed by atoms with Crippen molar-refractivity contribution < 1.29 is 4.79 Å². The van der Waals surface area contributed by atoms with Gasteiger partial charge >= 0.3 is 0 Å². The number of carbonyl (C=O) groups excluding carboxylic acids is 1. The molecule has 1 aliphatic rings. The molecule has 2 heterocycles. The van der Waals surface area contributed by atoms with Crippen LogP contribution in [0.25, 0.3) is 10.9 Å². The number of benzene rings is 1. The zero-order chi connectivity index (χ0) is 17.5. The third-order valence-electron chi connectivity index (χ3n) is 4.73. The van der Waals surface area contributed by atoms with E-state index < -0.39 is 0 Å². The molecule has 1 aliphatic heterocycles. The van der Waals surface area contributed by atoms with E-state index in [1.807, 2.05) is 29.2 Å². The maximum absolute atomic E-state index is 12.2. The number of amides is 1. The van der Waals surface area contributed by atoms with Crippen LogP contribution in [0.1, 0.15) is 32.9 Å². The average molecular weight is 348 g/mol. The SMILES string of the molecule is CN(Cc1[nH]c2ccccc2c1Cl)C[C@H]1CC(=O)N(C(C)(C)C)C1. The van der Waals surface area contributed by atoms with Crippen LogP contribution in [0.2, 0.25) is 5.02 Å². The summed E-state index contributed by atoms with van der Waals surface area (Å²) < 4.78 is 0. The Labute approximate surface area is 148 Å². The summed E-state index contributed by atoms with van der Waals surface area (Å²) in [6.45, 7) is 8.79. The van der Waals surface area contributed by atoms with Gasteiger partial charge in [-0.3, -0.25) is 4.79 Å². The highest BCUT2D eigenvalue weighted by atomic mass is 35.5. The molecule has 5 heteroatoms. The molecule has 1 saturated heterocycles. The third-order valence-corrected chi connectivity index (χ3v) is 5.16. The summed E-state index contributed by atoms with van der Waals surface area (Å²) in [7, 11) is 2.09. The van der Waals surface area contributed by atoms with Crippen molar-refractivity contribution in [2.75, 3.05) is 20.1 Å². The van der Waals surface area contributed by atoms with E-state index >= 15 is 0 Å². The van der Waals surface area contributed by atoms with Gasteiger partial charge in [-0.05, 0) is 39.8 Å². The van der Waals surface area contributed by atoms with E-state index in [0.717, 1.165) is 41.3 Å². The molecule has 2 aromatic rings. The summed E-state index contributed by atoms with van der Waals surface area (Å²) in [6, 6.07) is 8.09. The van der Waals surface area contributed by atoms with Crippen LogP contribution in [0.15, 0.2) is 24.3 Å². The Morgan fingerprint density at radius 2 is 2.04 bits per heavy atom. The molecule has 0 radical (unpaired) electrons. The Kier molecular flexibility index (Phi) is 4.63. The number of aromatic amines is 1. The maximum atomic E-state index is 12.2. The summed E-state index contributed by atoms with van der Waals surface area (Å²) in [5, 5.41) is 1.87. The highest BCUT2D eigenvalue weighted by molar-refractivity contribution is 6.36. The van der Waals surface area contributed by atoms with Gasteiger partial charge in [-0.1, -0.05) is 29.8 Å². The molecule has 130 valence electrons. The van der Waals surface area contributed by atoms with Crippen LogP contribution in [-0.2, 0) is 11.3 Å². The first kappa shape index (κ1) is 17.3. The lowest BCUT2D eigenvalue weighted by atomic mass is 10.1. The largest absolute Gasteiger partial charge is 0.356 e. The van der Waals surface area contributed by atoms with Crippen LogP contribution in [0.3, 0.4) is 0 Å². The Morgan fingerprint density at radius 3 is 2.67 bits per heavy atom. The Bertz CT molecular complexity index is 747. The van der Waals surface area contributed by atoms with Crippen LogP contribution in [-0.4, -0.2) is 46.4 Å². The highest BCUT2D eigenvalue weighted by Crippen LogP contribution is 2.29. The molecule has 0 saturated carbocycles. The van der Waals surface area contributed by atoms with Crippen molar-refractivity contribution in [2.24, 2.45) is 5.92 Å². The van der Waals surface area contributed by atoms with E-state index in [2.05, 4.69) is 37.7 Å². The van der Waals surface area contributed by atoms with E-state index in [4.69, 9.17) is 11.6 Å². The maximum Gasteiger partial charge on any atom is 0.223 e. The average Bonchev–Trinajstić information content (AvgIpc) is 3.00. The van der Waals surface area contributed by atoms with Gasteiger partial charge in [-0.25, -0.2) is 0 Å². The van der Waals surface area contributed by atoms with Crippen LogP contribution in [0.4, 0.5) is 0 Å². The molecule has 0 spiro atoms. The molecule has 3 rings (SSSR count). The quantitative estimate of drug-likeness (QED) is 0.911. The second-order valence-corrected chi connectivity index (χ2v) is 8.28. The molecular weight excluding hydrogens is 322 g/mol. The second kappa shape index (κ2) is 6.41. The fraction of sp³-hybridized carbons (Fsp3) is 0.526. The molecule has 4 nitrogen and oxygen atoms in total. The molecule has 1 aromatic carbocycles. The smallest absolute Gasteiger partial charge is 0.223 e. The number of likely N-dealkylation sites (tertiary alicyclic amines) is 1. The van der Waals surface area contributed by atoms with Crippen molar-refractivity contribution in [1.82, 2.24) is 14.8 Å². The summed E-state index contributed by atoms with van der Waals surface area (Å²) >= 11 is 6.50. The number of H-pyrrole nitrogens is 1. The van der Waals surface area contributed by atoms with E-state index in [1.54, 1.807) is 0 Å². The molecule has 0 aliphatic carbocycles. The van der Waals surface area contributed by atoms with E-state index in [-0.39, 0.29) is 11.4 Å². The highest BCUT2D eigenvalue weighted by Gasteiger charge is 2.36. The number of hydrogen-bond donors (Lipinski definition) is 1. The van der Waals surface area contributed by atoms with E-state index in [9.17, 15) is 4.79 Å². The number of para-hydroxylation sites is 1. The van der Waals surface area contributed by atoms with E-state index in [1.165, 1.54) is 0 Å². The first-order valence-corrected chi connectivity index (χ1v) is 8.87. The van der Waals surface area contributed by atoms with Crippen molar-refractivity contribution in [3.05, 3.63) is 35.0 Å². The third kappa shape index (κ3) is 3.45. The molecule has 1 amide bonds. The molecule has 24 heavy (non-hydrogen) atoms. The number of hydrogen-bond acceptors (Lipinski definition) is 2. The predicted molar refractivity (Wildman–Crippen MR) is 99.2 cm³/mol. The Morgan fingerprint density at radius 1 is 1.33 bits per heavy atom. The monoisotopic (exact) mass is 347 g/mol. The molecule has 1 atom stereocenters. The summed E-state index contributed by atoms with van der Waals surface area (Å²) in [4.78, 5) is 19.9. The predicted octanol–water partition coefficient (Wildman–Crippen LogP) is 3.90. The van der Waals surface area contributed by atoms with Gasteiger partial charge < -0.3 is 14.8 Å². The summed E-state index contributed by atoms with van der Waals surface area (Å²) in [5.74, 6) is 0.648. The number of aromatic nitrogens is 1. The van der Waals surface area contributed by atoms with Crippen LogP contribution < -0.4 is 0 Å². The number of carbonyl (C=O) groups is 1. The fourth-order valence-corrected chi connectivity index (χ4v) is 3.87. The van der Waals surface area contributed by atoms with Gasteiger partial charge in [0.25, 0.3) is 0 Å². The fourth-order valence-electron chi connectivity index (χ4n) is 3.60. The standard InChI is InChI=1S/C19H26ClN3O/c1-19(2,3)23-11-13(9-17(23)24)10-22(4)12-16-18(20)14-7-5-6-8-15(14)21-16/h5-8,13,21H,9-12H2,1-4H3/t13-/m1/s1. The van der Waals surface area contributed by atoms with Crippen LogP contribution in [0, 0.1) is 5.92 Å². The zero-order valence-corrected chi connectivity index (χ0v) is 15.7. The number of fused-ring (bicyclic) bond motifs is 1. The lowest BCUT2D eigenvalue weighted by molar-refractivity contribution is -0.131. The van der Waals surface area contributed by atoms with Crippen molar-refractivity contribution in [1.29, 1.82) is 0 Å². The van der Waals surface area contributed by atoms with Gasteiger partial charge in [0.2, 0.25) is 5.91 Å². The number of nitrogens with zero attached hydrogens (tertiary/aromatic N) is 2. The first-order chi connectivity index (χ1) is 11.3. The van der Waals surface area contributed by atoms with Crippen molar-refractivity contribution >= 4 is 28.4 Å². The van der Waals surface area contributed by atoms with Gasteiger partial charge in [-0.2, -0.15) is 0 Å². The zero-order valence-electron chi connectivity index (χ0n) is 14.9. The lowest BCUT2D eigenvalue weighted by Crippen LogP contribution is -2.42. The van der Waals surface area contributed by atoms with Gasteiger partial charge in [-0.15, -0.1) is 0 Å². The minimum absolute atomic E-state index is 0.0924. The van der Waals surface area contributed by atoms with Crippen molar-refractivity contribution in [2.45, 2.75) is 39.3 Å². The minimum atomic E-state index is -0.0924. The second-order valence-electron chi connectivity index (χ2n) is 7.91. The number of rotatable bonds is 4. The number of nitrogens with one attached hydrogen (secondary N) is 1. The Balaban J connectivity index is 1.64. The molecular formula is C19H26ClN3O. The van der Waals surface area contributed by atoms with Gasteiger partial charge in [0, 0.05) is 48.2 Å². The first-order valence-electron chi connectivity index (χ1n) is 8.50. The molecule has 1 fully saturated rings. The summed E-state index contributed by atoms with van der Waals surface area (Å²) in [6.07, 6.45) is 0.641. The Hall–Kier alpha value is -1.52. The van der Waals surface area contributed by atoms with Crippen LogP contribution >= 0.6 is 11.6 Å². The topological polar surface area (TPSA) is 39.3 Å². The number of halogens is 1. The lowest BCUT2D eigenvalue weighted by Gasteiger charge is -2.32. The summed E-state index contributed by atoms with van der Waals surface area (Å²) in [5.41, 5.74) is 2.02. The van der Waals surface area contributed by atoms with E-state index in [0.29, 0.717) is 12.3 Å². The molecule has 0 unspecified atom stereocenters. The minimum Gasteiger partial charge on any atom is -0.356 e. The van der Waals surface area contributed by atoms with Gasteiger partial charge in [0.05, 0.1) is 5.02 Å².